The summed E-state index contributed by atoms with van der Waals surface area (Å²) in [6, 6.07) is 0. The van der Waals surface area contributed by atoms with Gasteiger partial charge in [0.05, 0.1) is 18.8 Å². The van der Waals surface area contributed by atoms with Crippen LogP contribution in [0.3, 0.4) is 0 Å². The zero-order valence-electron chi connectivity index (χ0n) is 6.62. The number of hydrogen-bond donors (Lipinski definition) is 2. The van der Waals surface area contributed by atoms with Gasteiger partial charge in [0.25, 0.3) is 0 Å². The first-order valence-corrected chi connectivity index (χ1v) is 4.37. The zero-order chi connectivity index (χ0) is 7.68. The maximum atomic E-state index is 8.85. The van der Waals surface area contributed by atoms with Crippen LogP contribution in [0.2, 0.25) is 0 Å². The first kappa shape index (κ1) is 7.53. The van der Waals surface area contributed by atoms with Crippen LogP contribution in [0.4, 0.5) is 0 Å². The first-order valence-electron chi connectivity index (χ1n) is 4.37. The van der Waals surface area contributed by atoms with E-state index in [1.165, 1.54) is 12.8 Å². The molecule has 1 saturated carbocycles. The third-order valence-corrected chi connectivity index (χ3v) is 2.44. The Morgan fingerprint density at radius 3 is 2.82 bits per heavy atom. The summed E-state index contributed by atoms with van der Waals surface area (Å²) < 4.78 is 5.65. The number of morpholine rings is 1. The van der Waals surface area contributed by atoms with Crippen LogP contribution < -0.4 is 5.32 Å². The van der Waals surface area contributed by atoms with E-state index in [-0.39, 0.29) is 12.7 Å². The molecular formula is C8H15NO2. The molecule has 0 bridgehead atoms. The highest BCUT2D eigenvalue weighted by Crippen LogP contribution is 2.35. The van der Waals surface area contributed by atoms with Crippen LogP contribution in [-0.4, -0.2) is 37.0 Å². The molecule has 2 N–H and O–H groups in total. The first-order chi connectivity index (χ1) is 5.40. The van der Waals surface area contributed by atoms with Gasteiger partial charge in [-0.15, -0.1) is 0 Å². The maximum absolute atomic E-state index is 8.85. The van der Waals surface area contributed by atoms with Crippen LogP contribution in [0.5, 0.6) is 0 Å². The number of hydrogen-bond acceptors (Lipinski definition) is 3. The topological polar surface area (TPSA) is 41.5 Å². The van der Waals surface area contributed by atoms with E-state index in [0.29, 0.717) is 6.10 Å². The largest absolute Gasteiger partial charge is 0.394 e. The molecule has 2 rings (SSSR count). The van der Waals surface area contributed by atoms with Crippen LogP contribution in [0.15, 0.2) is 0 Å². The van der Waals surface area contributed by atoms with E-state index >= 15 is 0 Å². The van der Waals surface area contributed by atoms with Crippen molar-refractivity contribution in [3.63, 3.8) is 0 Å². The van der Waals surface area contributed by atoms with Crippen molar-refractivity contribution in [2.45, 2.75) is 25.0 Å². The highest BCUT2D eigenvalue weighted by molar-refractivity contribution is 4.87. The molecule has 0 aromatic carbocycles. The molecule has 1 aliphatic carbocycles. The summed E-state index contributed by atoms with van der Waals surface area (Å²) >= 11 is 0. The van der Waals surface area contributed by atoms with E-state index < -0.39 is 0 Å². The summed E-state index contributed by atoms with van der Waals surface area (Å²) in [7, 11) is 0. The van der Waals surface area contributed by atoms with Crippen molar-refractivity contribution in [3.8, 4) is 0 Å². The van der Waals surface area contributed by atoms with E-state index in [1.807, 2.05) is 0 Å². The Morgan fingerprint density at radius 2 is 2.18 bits per heavy atom. The maximum Gasteiger partial charge on any atom is 0.0934 e. The van der Waals surface area contributed by atoms with E-state index in [4.69, 9.17) is 9.84 Å². The van der Waals surface area contributed by atoms with E-state index in [9.17, 15) is 0 Å². The molecule has 2 atom stereocenters. The van der Waals surface area contributed by atoms with Gasteiger partial charge in [-0.05, 0) is 18.8 Å². The van der Waals surface area contributed by atoms with Gasteiger partial charge in [-0.25, -0.2) is 0 Å². The van der Waals surface area contributed by atoms with Gasteiger partial charge in [0.2, 0.25) is 0 Å². The van der Waals surface area contributed by atoms with Crippen molar-refractivity contribution in [1.29, 1.82) is 0 Å². The standard InChI is InChI=1S/C8H15NO2/c10-5-7-3-9-4-8(11-7)6-1-2-6/h6-10H,1-5H2/t7-,8-/m1/s1. The lowest BCUT2D eigenvalue weighted by Gasteiger charge is -2.29. The summed E-state index contributed by atoms with van der Waals surface area (Å²) in [6.45, 7) is 1.93. The molecule has 0 spiro atoms. The Balaban J connectivity index is 1.82. The van der Waals surface area contributed by atoms with Gasteiger partial charge >= 0.3 is 0 Å². The smallest absolute Gasteiger partial charge is 0.0934 e. The molecule has 2 aliphatic rings. The van der Waals surface area contributed by atoms with Gasteiger partial charge in [-0.3, -0.25) is 0 Å². The molecule has 1 aliphatic heterocycles. The molecule has 0 radical (unpaired) electrons. The van der Waals surface area contributed by atoms with Gasteiger partial charge in [-0.1, -0.05) is 0 Å². The van der Waals surface area contributed by atoms with Gasteiger partial charge in [0.1, 0.15) is 0 Å². The van der Waals surface area contributed by atoms with Gasteiger partial charge in [0, 0.05) is 13.1 Å². The Bertz CT molecular complexity index is 136. The second kappa shape index (κ2) is 3.09. The molecule has 2 fully saturated rings. The second-order valence-corrected chi connectivity index (χ2v) is 3.47. The van der Waals surface area contributed by atoms with E-state index in [1.54, 1.807) is 0 Å². The molecule has 3 nitrogen and oxygen atoms in total. The van der Waals surface area contributed by atoms with Crippen LogP contribution in [0.25, 0.3) is 0 Å². The number of nitrogens with one attached hydrogen (secondary N) is 1. The lowest BCUT2D eigenvalue weighted by Crippen LogP contribution is -2.47. The summed E-state index contributed by atoms with van der Waals surface area (Å²) in [4.78, 5) is 0. The third-order valence-electron chi connectivity index (χ3n) is 2.44. The van der Waals surface area contributed by atoms with Crippen molar-refractivity contribution in [3.05, 3.63) is 0 Å². The fourth-order valence-corrected chi connectivity index (χ4v) is 1.58. The average Bonchev–Trinajstić information content (AvgIpc) is 2.87. The minimum atomic E-state index is 0.0364. The zero-order valence-corrected chi connectivity index (χ0v) is 6.62. The normalized spacial score (nSPS) is 39.0. The number of rotatable bonds is 2. The van der Waals surface area contributed by atoms with Crippen molar-refractivity contribution in [2.75, 3.05) is 19.7 Å². The molecule has 0 aromatic heterocycles. The minimum Gasteiger partial charge on any atom is -0.394 e. The summed E-state index contributed by atoms with van der Waals surface area (Å²) in [5.41, 5.74) is 0. The van der Waals surface area contributed by atoms with Crippen molar-refractivity contribution < 1.29 is 9.84 Å². The molecule has 3 heteroatoms. The second-order valence-electron chi connectivity index (χ2n) is 3.47. The van der Waals surface area contributed by atoms with E-state index in [0.717, 1.165) is 19.0 Å². The van der Waals surface area contributed by atoms with Crippen molar-refractivity contribution in [1.82, 2.24) is 5.32 Å². The van der Waals surface area contributed by atoms with Crippen molar-refractivity contribution in [2.24, 2.45) is 5.92 Å². The van der Waals surface area contributed by atoms with Gasteiger partial charge in [0.15, 0.2) is 0 Å². The molecule has 11 heavy (non-hydrogen) atoms. The summed E-state index contributed by atoms with van der Waals surface area (Å²) in [5, 5.41) is 12.1. The molecule has 0 aromatic rings. The highest BCUT2D eigenvalue weighted by atomic mass is 16.5. The van der Waals surface area contributed by atoms with Crippen LogP contribution in [-0.2, 0) is 4.74 Å². The Morgan fingerprint density at radius 1 is 1.36 bits per heavy atom. The molecule has 1 heterocycles. The molecule has 0 amide bonds. The highest BCUT2D eigenvalue weighted by Gasteiger charge is 2.35. The molecule has 64 valence electrons. The Labute approximate surface area is 66.7 Å². The predicted octanol–water partition coefficient (Wildman–Crippen LogP) is -0.254. The molecular weight excluding hydrogens is 142 g/mol. The Kier molecular flexibility index (Phi) is 2.11. The van der Waals surface area contributed by atoms with Crippen LogP contribution >= 0.6 is 0 Å². The van der Waals surface area contributed by atoms with Gasteiger partial charge in [-0.2, -0.15) is 0 Å². The molecule has 0 unspecified atom stereocenters. The Hall–Kier alpha value is -0.120. The number of aliphatic hydroxyl groups excluding tert-OH is 1. The number of aliphatic hydroxyl groups is 1. The summed E-state index contributed by atoms with van der Waals surface area (Å²) in [5.74, 6) is 0.775. The van der Waals surface area contributed by atoms with Crippen molar-refractivity contribution >= 4 is 0 Å². The summed E-state index contributed by atoms with van der Waals surface area (Å²) in [6.07, 6.45) is 3.03. The fraction of sp³-hybridized carbons (Fsp3) is 1.00. The third kappa shape index (κ3) is 1.72. The lowest BCUT2D eigenvalue weighted by atomic mass is 10.2. The van der Waals surface area contributed by atoms with E-state index in [2.05, 4.69) is 5.32 Å². The van der Waals surface area contributed by atoms with Gasteiger partial charge < -0.3 is 15.2 Å². The minimum absolute atomic E-state index is 0.0364. The monoisotopic (exact) mass is 157 g/mol. The predicted molar refractivity (Wildman–Crippen MR) is 41.3 cm³/mol. The number of ether oxygens (including phenoxy) is 1. The quantitative estimate of drug-likeness (QED) is 0.580. The SMILES string of the molecule is OC[C@H]1CNC[C@H](C2CC2)O1. The fourth-order valence-electron chi connectivity index (χ4n) is 1.58. The average molecular weight is 157 g/mol. The lowest BCUT2D eigenvalue weighted by molar-refractivity contribution is -0.0690. The molecule has 1 saturated heterocycles. The van der Waals surface area contributed by atoms with Crippen LogP contribution in [0.1, 0.15) is 12.8 Å². The van der Waals surface area contributed by atoms with Crippen LogP contribution in [0, 0.1) is 5.92 Å².